The van der Waals surface area contributed by atoms with E-state index in [-0.39, 0.29) is 30.3 Å². The molecule has 10 nitrogen and oxygen atoms in total. The molecular weight excluding hydrogens is 509 g/mol. The summed E-state index contributed by atoms with van der Waals surface area (Å²) < 4.78 is 64.3. The SMILES string of the molecule is COc1ccc([C@@H]2C[C@@H](C(F)(F)F)n3ncc(C(=O)Nc4cc5c(cc4[C@H](C)O)OCO5)c3N2)cc1OC. The Kier molecular flexibility index (Phi) is 6.47. The van der Waals surface area contributed by atoms with Gasteiger partial charge in [0.15, 0.2) is 29.0 Å². The van der Waals surface area contributed by atoms with Gasteiger partial charge in [-0.1, -0.05) is 6.07 Å². The Morgan fingerprint density at radius 3 is 2.55 bits per heavy atom. The lowest BCUT2D eigenvalue weighted by molar-refractivity contribution is -0.173. The highest BCUT2D eigenvalue weighted by Crippen LogP contribution is 2.46. The minimum atomic E-state index is -4.62. The number of carbonyl (C=O) groups excluding carboxylic acids is 1. The number of rotatable bonds is 6. The topological polar surface area (TPSA) is 116 Å². The van der Waals surface area contributed by atoms with Crippen molar-refractivity contribution < 1.29 is 42.0 Å². The predicted molar refractivity (Wildman–Crippen MR) is 129 cm³/mol. The molecule has 5 rings (SSSR count). The molecule has 0 unspecified atom stereocenters. The summed E-state index contributed by atoms with van der Waals surface area (Å²) in [7, 11) is 2.90. The lowest BCUT2D eigenvalue weighted by Gasteiger charge is -2.34. The van der Waals surface area contributed by atoms with Crippen LogP contribution in [0.25, 0.3) is 0 Å². The number of carbonyl (C=O) groups is 1. The molecule has 2 aromatic carbocycles. The highest BCUT2D eigenvalue weighted by Gasteiger charge is 2.47. The number of alkyl halides is 3. The van der Waals surface area contributed by atoms with Crippen molar-refractivity contribution in [1.82, 2.24) is 9.78 Å². The van der Waals surface area contributed by atoms with E-state index >= 15 is 0 Å². The van der Waals surface area contributed by atoms with Gasteiger partial charge in [-0.2, -0.15) is 18.3 Å². The Balaban J connectivity index is 1.50. The molecule has 0 saturated carbocycles. The number of amides is 1. The zero-order chi connectivity index (χ0) is 27.2. The van der Waals surface area contributed by atoms with Crippen LogP contribution < -0.4 is 29.6 Å². The van der Waals surface area contributed by atoms with Gasteiger partial charge in [-0.25, -0.2) is 4.68 Å². The van der Waals surface area contributed by atoms with Gasteiger partial charge >= 0.3 is 6.18 Å². The van der Waals surface area contributed by atoms with Crippen LogP contribution in [-0.4, -0.2) is 48.0 Å². The second-order valence-corrected chi connectivity index (χ2v) is 8.88. The summed E-state index contributed by atoms with van der Waals surface area (Å²) in [5.74, 6) is 0.770. The summed E-state index contributed by atoms with van der Waals surface area (Å²) in [6.07, 6.45) is -4.86. The Hall–Kier alpha value is -4.13. The molecule has 0 fully saturated rings. The molecule has 3 aromatic rings. The van der Waals surface area contributed by atoms with Crippen molar-refractivity contribution in [1.29, 1.82) is 0 Å². The van der Waals surface area contributed by atoms with Crippen LogP contribution in [0.1, 0.15) is 53.0 Å². The van der Waals surface area contributed by atoms with E-state index in [0.717, 1.165) is 10.9 Å². The third-order valence-electron chi connectivity index (χ3n) is 6.54. The van der Waals surface area contributed by atoms with E-state index in [1.54, 1.807) is 24.3 Å². The van der Waals surface area contributed by atoms with Gasteiger partial charge in [0.2, 0.25) is 6.79 Å². The highest BCUT2D eigenvalue weighted by atomic mass is 19.4. The third-order valence-corrected chi connectivity index (χ3v) is 6.54. The van der Waals surface area contributed by atoms with Crippen LogP contribution >= 0.6 is 0 Å². The smallest absolute Gasteiger partial charge is 0.410 e. The summed E-state index contributed by atoms with van der Waals surface area (Å²) in [4.78, 5) is 13.3. The number of nitrogens with zero attached hydrogens (tertiary/aromatic N) is 2. The minimum absolute atomic E-state index is 0.0107. The molecule has 3 heterocycles. The second kappa shape index (κ2) is 9.63. The normalized spacial score (nSPS) is 18.8. The van der Waals surface area contributed by atoms with Gasteiger partial charge in [-0.05, 0) is 30.7 Å². The van der Waals surface area contributed by atoms with Gasteiger partial charge in [-0.3, -0.25) is 4.79 Å². The number of aromatic nitrogens is 2. The number of aliphatic hydroxyl groups is 1. The standard InChI is InChI=1S/C25H25F3N4O6/c1-12(33)14-7-20-21(38-11-37-20)8-17(14)31-24(34)15-10-29-32-22(25(26,27)28)9-16(30-23(15)32)13-4-5-18(35-2)19(6-13)36-3/h4-8,10,12,16,22,30,33H,9,11H2,1-3H3,(H,31,34)/t12-,16-,22-/m0/s1. The first-order chi connectivity index (χ1) is 18.1. The first-order valence-corrected chi connectivity index (χ1v) is 11.7. The van der Waals surface area contributed by atoms with Crippen LogP contribution in [0.15, 0.2) is 36.5 Å². The lowest BCUT2D eigenvalue weighted by Crippen LogP contribution is -2.36. The number of methoxy groups -OCH3 is 2. The molecule has 3 atom stereocenters. The number of hydrogen-bond donors (Lipinski definition) is 3. The molecule has 13 heteroatoms. The van der Waals surface area contributed by atoms with Crippen molar-refractivity contribution in [2.45, 2.75) is 37.7 Å². The van der Waals surface area contributed by atoms with E-state index < -0.39 is 30.3 Å². The third kappa shape index (κ3) is 4.53. The highest BCUT2D eigenvalue weighted by molar-refractivity contribution is 6.08. The maximum Gasteiger partial charge on any atom is 0.410 e. The second-order valence-electron chi connectivity index (χ2n) is 8.88. The fourth-order valence-corrected chi connectivity index (χ4v) is 4.62. The first kappa shape index (κ1) is 25.5. The number of aliphatic hydroxyl groups excluding tert-OH is 1. The van der Waals surface area contributed by atoms with Crippen molar-refractivity contribution in [3.8, 4) is 23.0 Å². The van der Waals surface area contributed by atoms with Gasteiger partial charge < -0.3 is 34.7 Å². The van der Waals surface area contributed by atoms with Gasteiger partial charge in [0, 0.05) is 18.1 Å². The molecule has 202 valence electrons. The molecule has 0 aliphatic carbocycles. The molecule has 38 heavy (non-hydrogen) atoms. The van der Waals surface area contributed by atoms with Gasteiger partial charge in [0.05, 0.1) is 38.2 Å². The molecule has 0 saturated heterocycles. The minimum Gasteiger partial charge on any atom is -0.493 e. The number of hydrogen-bond acceptors (Lipinski definition) is 8. The van der Waals surface area contributed by atoms with Crippen molar-refractivity contribution >= 4 is 17.4 Å². The van der Waals surface area contributed by atoms with Crippen LogP contribution in [0.2, 0.25) is 0 Å². The van der Waals surface area contributed by atoms with Crippen LogP contribution in [-0.2, 0) is 0 Å². The van der Waals surface area contributed by atoms with Crippen molar-refractivity contribution in [2.75, 3.05) is 31.6 Å². The Morgan fingerprint density at radius 1 is 1.18 bits per heavy atom. The van der Waals surface area contributed by atoms with Gasteiger partial charge in [0.1, 0.15) is 11.4 Å². The fraction of sp³-hybridized carbons (Fsp3) is 0.360. The molecule has 2 aliphatic heterocycles. The molecule has 0 radical (unpaired) electrons. The number of halogens is 3. The van der Waals surface area contributed by atoms with Crippen LogP contribution in [0.5, 0.6) is 23.0 Å². The maximum absolute atomic E-state index is 14.1. The monoisotopic (exact) mass is 534 g/mol. The molecular formula is C25H25F3N4O6. The largest absolute Gasteiger partial charge is 0.493 e. The fourth-order valence-electron chi connectivity index (χ4n) is 4.62. The van der Waals surface area contributed by atoms with E-state index in [2.05, 4.69) is 15.7 Å². The number of ether oxygens (including phenoxy) is 4. The van der Waals surface area contributed by atoms with Crippen molar-refractivity contribution in [2.24, 2.45) is 0 Å². The summed E-state index contributed by atoms with van der Waals surface area (Å²) in [5.41, 5.74) is 1.00. The van der Waals surface area contributed by atoms with E-state index in [0.29, 0.717) is 34.1 Å². The zero-order valence-corrected chi connectivity index (χ0v) is 20.6. The lowest BCUT2D eigenvalue weighted by atomic mass is 9.96. The molecule has 2 aliphatic rings. The number of fused-ring (bicyclic) bond motifs is 2. The summed E-state index contributed by atoms with van der Waals surface area (Å²) in [5, 5.41) is 19.8. The number of benzene rings is 2. The quantitative estimate of drug-likeness (QED) is 0.421. The first-order valence-electron chi connectivity index (χ1n) is 11.7. The number of nitrogens with one attached hydrogen (secondary N) is 2. The van der Waals surface area contributed by atoms with Crippen LogP contribution in [0.4, 0.5) is 24.7 Å². The summed E-state index contributed by atoms with van der Waals surface area (Å²) >= 11 is 0. The summed E-state index contributed by atoms with van der Waals surface area (Å²) in [6.45, 7) is 1.50. The zero-order valence-electron chi connectivity index (χ0n) is 20.6. The average Bonchev–Trinajstić information content (AvgIpc) is 3.53. The Morgan fingerprint density at radius 2 is 1.89 bits per heavy atom. The molecule has 1 aromatic heterocycles. The van der Waals surface area contributed by atoms with Gasteiger partial charge in [0.25, 0.3) is 5.91 Å². The Labute approximate surface area is 215 Å². The van der Waals surface area contributed by atoms with E-state index in [4.69, 9.17) is 18.9 Å². The van der Waals surface area contributed by atoms with E-state index in [1.807, 2.05) is 0 Å². The summed E-state index contributed by atoms with van der Waals surface area (Å²) in [6, 6.07) is 5.09. The van der Waals surface area contributed by atoms with Gasteiger partial charge in [-0.15, -0.1) is 0 Å². The molecule has 0 spiro atoms. The van der Waals surface area contributed by atoms with E-state index in [1.165, 1.54) is 27.2 Å². The average molecular weight is 534 g/mol. The van der Waals surface area contributed by atoms with Crippen molar-refractivity contribution in [3.63, 3.8) is 0 Å². The maximum atomic E-state index is 14.1. The Bertz CT molecular complexity index is 1370. The predicted octanol–water partition coefficient (Wildman–Crippen LogP) is 4.59. The molecule has 3 N–H and O–H groups in total. The van der Waals surface area contributed by atoms with Crippen LogP contribution in [0, 0.1) is 0 Å². The van der Waals surface area contributed by atoms with Crippen molar-refractivity contribution in [3.05, 3.63) is 53.2 Å². The molecule has 0 bridgehead atoms. The number of anilines is 2. The van der Waals surface area contributed by atoms with E-state index in [9.17, 15) is 23.1 Å². The van der Waals surface area contributed by atoms with Crippen LogP contribution in [0.3, 0.4) is 0 Å². The molecule has 1 amide bonds.